The molecule has 3 nitrogen and oxygen atoms in total. The number of carbonyl (C=O) groups excluding carboxylic acids is 1. The van der Waals surface area contributed by atoms with Gasteiger partial charge in [-0.15, -0.1) is 0 Å². The summed E-state index contributed by atoms with van der Waals surface area (Å²) in [6, 6.07) is 7.74. The second-order valence-electron chi connectivity index (χ2n) is 5.79. The maximum absolute atomic E-state index is 12.5. The van der Waals surface area contributed by atoms with Crippen molar-refractivity contribution in [1.29, 1.82) is 0 Å². The highest BCUT2D eigenvalue weighted by Gasteiger charge is 2.25. The summed E-state index contributed by atoms with van der Waals surface area (Å²) in [6.07, 6.45) is 1.22. The first kappa shape index (κ1) is 14.1. The normalized spacial score (nSPS) is 23.4. The number of hydrogen-bond donors (Lipinski definition) is 0. The standard InChI is InChI=1S/C16H23NO2/c1-12-8-13(2)10-17(9-12)16(18)15-6-4-14(5-7-15)11-19-3/h4-7,12-13H,8-11H2,1-3H3. The summed E-state index contributed by atoms with van der Waals surface area (Å²) in [4.78, 5) is 14.4. The SMILES string of the molecule is COCc1ccc(C(=O)N2CC(C)CC(C)C2)cc1. The molecule has 0 spiro atoms. The van der Waals surface area contributed by atoms with Crippen LogP contribution in [-0.4, -0.2) is 31.0 Å². The number of carbonyl (C=O) groups is 1. The molecule has 1 aliphatic heterocycles. The molecule has 2 atom stereocenters. The number of hydrogen-bond acceptors (Lipinski definition) is 2. The van der Waals surface area contributed by atoms with E-state index in [0.29, 0.717) is 18.4 Å². The number of ether oxygens (including phenoxy) is 1. The largest absolute Gasteiger partial charge is 0.380 e. The van der Waals surface area contributed by atoms with Gasteiger partial charge in [0.25, 0.3) is 5.91 Å². The van der Waals surface area contributed by atoms with Gasteiger partial charge in [0.05, 0.1) is 6.61 Å². The van der Waals surface area contributed by atoms with Crippen LogP contribution in [0.4, 0.5) is 0 Å². The van der Waals surface area contributed by atoms with Crippen molar-refractivity contribution < 1.29 is 9.53 Å². The molecule has 2 rings (SSSR count). The van der Waals surface area contributed by atoms with Crippen molar-refractivity contribution >= 4 is 5.91 Å². The van der Waals surface area contributed by atoms with E-state index in [1.54, 1.807) is 7.11 Å². The Labute approximate surface area is 115 Å². The minimum Gasteiger partial charge on any atom is -0.380 e. The van der Waals surface area contributed by atoms with Crippen molar-refractivity contribution in [2.24, 2.45) is 11.8 Å². The van der Waals surface area contributed by atoms with Crippen LogP contribution < -0.4 is 0 Å². The van der Waals surface area contributed by atoms with Crippen molar-refractivity contribution in [1.82, 2.24) is 4.90 Å². The molecule has 0 bridgehead atoms. The van der Waals surface area contributed by atoms with Gasteiger partial charge in [-0.05, 0) is 36.0 Å². The lowest BCUT2D eigenvalue weighted by Gasteiger charge is -2.35. The third-order valence-corrected chi connectivity index (χ3v) is 3.67. The lowest BCUT2D eigenvalue weighted by molar-refractivity contribution is 0.0623. The van der Waals surface area contributed by atoms with E-state index in [2.05, 4.69) is 13.8 Å². The van der Waals surface area contributed by atoms with Gasteiger partial charge < -0.3 is 9.64 Å². The maximum Gasteiger partial charge on any atom is 0.253 e. The zero-order valence-electron chi connectivity index (χ0n) is 12.1. The third kappa shape index (κ3) is 3.57. The monoisotopic (exact) mass is 261 g/mol. The van der Waals surface area contributed by atoms with Gasteiger partial charge in [0.15, 0.2) is 0 Å². The van der Waals surface area contributed by atoms with Gasteiger partial charge in [-0.25, -0.2) is 0 Å². The van der Waals surface area contributed by atoms with Crippen molar-refractivity contribution in [3.05, 3.63) is 35.4 Å². The number of likely N-dealkylation sites (tertiary alicyclic amines) is 1. The summed E-state index contributed by atoms with van der Waals surface area (Å²) in [5.74, 6) is 1.35. The lowest BCUT2D eigenvalue weighted by Crippen LogP contribution is -2.42. The summed E-state index contributed by atoms with van der Waals surface area (Å²) in [7, 11) is 1.68. The molecule has 0 aliphatic carbocycles. The molecule has 19 heavy (non-hydrogen) atoms. The molecule has 1 fully saturated rings. The van der Waals surface area contributed by atoms with Crippen LogP contribution in [0.15, 0.2) is 24.3 Å². The Morgan fingerprint density at radius 1 is 1.21 bits per heavy atom. The molecule has 2 unspecified atom stereocenters. The van der Waals surface area contributed by atoms with Gasteiger partial charge in [-0.1, -0.05) is 26.0 Å². The number of methoxy groups -OCH3 is 1. The second kappa shape index (κ2) is 6.20. The fraction of sp³-hybridized carbons (Fsp3) is 0.562. The molecule has 1 aromatic carbocycles. The molecule has 1 aromatic rings. The van der Waals surface area contributed by atoms with E-state index in [9.17, 15) is 4.79 Å². The molecule has 0 N–H and O–H groups in total. The predicted octanol–water partition coefficient (Wildman–Crippen LogP) is 2.95. The summed E-state index contributed by atoms with van der Waals surface area (Å²) in [6.45, 7) is 6.79. The lowest BCUT2D eigenvalue weighted by atomic mass is 9.91. The molecular formula is C16H23NO2. The predicted molar refractivity (Wildman–Crippen MR) is 76.0 cm³/mol. The summed E-state index contributed by atoms with van der Waals surface area (Å²) in [5, 5.41) is 0. The molecule has 1 aliphatic rings. The number of amides is 1. The average Bonchev–Trinajstić information content (AvgIpc) is 2.38. The van der Waals surface area contributed by atoms with E-state index in [0.717, 1.165) is 24.2 Å². The smallest absolute Gasteiger partial charge is 0.253 e. The Morgan fingerprint density at radius 2 is 1.79 bits per heavy atom. The summed E-state index contributed by atoms with van der Waals surface area (Å²) >= 11 is 0. The van der Waals surface area contributed by atoms with Crippen LogP contribution >= 0.6 is 0 Å². The number of benzene rings is 1. The fourth-order valence-electron chi connectivity index (χ4n) is 2.92. The highest BCUT2D eigenvalue weighted by atomic mass is 16.5. The Hall–Kier alpha value is -1.35. The summed E-state index contributed by atoms with van der Waals surface area (Å²) in [5.41, 5.74) is 1.88. The first-order chi connectivity index (χ1) is 9.10. The van der Waals surface area contributed by atoms with Gasteiger partial charge in [0, 0.05) is 25.8 Å². The zero-order chi connectivity index (χ0) is 13.8. The molecule has 1 heterocycles. The molecule has 1 amide bonds. The Morgan fingerprint density at radius 3 is 2.32 bits per heavy atom. The van der Waals surface area contributed by atoms with E-state index in [-0.39, 0.29) is 5.91 Å². The van der Waals surface area contributed by atoms with E-state index in [1.165, 1.54) is 6.42 Å². The van der Waals surface area contributed by atoms with Crippen molar-refractivity contribution in [3.63, 3.8) is 0 Å². The van der Waals surface area contributed by atoms with Gasteiger partial charge in [0.2, 0.25) is 0 Å². The Kier molecular flexibility index (Phi) is 4.59. The molecule has 0 aromatic heterocycles. The topological polar surface area (TPSA) is 29.5 Å². The van der Waals surface area contributed by atoms with Gasteiger partial charge in [0.1, 0.15) is 0 Å². The van der Waals surface area contributed by atoms with Crippen LogP contribution in [0, 0.1) is 11.8 Å². The average molecular weight is 261 g/mol. The van der Waals surface area contributed by atoms with Crippen LogP contribution in [0.5, 0.6) is 0 Å². The van der Waals surface area contributed by atoms with E-state index < -0.39 is 0 Å². The third-order valence-electron chi connectivity index (χ3n) is 3.67. The van der Waals surface area contributed by atoms with E-state index >= 15 is 0 Å². The van der Waals surface area contributed by atoms with Gasteiger partial charge in [-0.2, -0.15) is 0 Å². The van der Waals surface area contributed by atoms with Gasteiger partial charge in [-0.3, -0.25) is 4.79 Å². The van der Waals surface area contributed by atoms with Crippen LogP contribution in [0.2, 0.25) is 0 Å². The minimum absolute atomic E-state index is 0.155. The maximum atomic E-state index is 12.5. The quantitative estimate of drug-likeness (QED) is 0.837. The minimum atomic E-state index is 0.155. The first-order valence-electron chi connectivity index (χ1n) is 6.97. The van der Waals surface area contributed by atoms with Crippen molar-refractivity contribution in [2.45, 2.75) is 26.9 Å². The molecule has 0 saturated carbocycles. The molecular weight excluding hydrogens is 238 g/mol. The van der Waals surface area contributed by atoms with E-state index in [1.807, 2.05) is 29.2 Å². The number of piperidine rings is 1. The number of rotatable bonds is 3. The van der Waals surface area contributed by atoms with Crippen LogP contribution in [0.1, 0.15) is 36.2 Å². The van der Waals surface area contributed by atoms with Gasteiger partial charge >= 0.3 is 0 Å². The van der Waals surface area contributed by atoms with Crippen LogP contribution in [-0.2, 0) is 11.3 Å². The molecule has 104 valence electrons. The Balaban J connectivity index is 2.06. The first-order valence-corrected chi connectivity index (χ1v) is 6.97. The fourth-order valence-corrected chi connectivity index (χ4v) is 2.92. The molecule has 1 saturated heterocycles. The van der Waals surface area contributed by atoms with E-state index in [4.69, 9.17) is 4.74 Å². The van der Waals surface area contributed by atoms with Crippen LogP contribution in [0.25, 0.3) is 0 Å². The summed E-state index contributed by atoms with van der Waals surface area (Å²) < 4.78 is 5.08. The number of nitrogens with zero attached hydrogens (tertiary/aromatic N) is 1. The second-order valence-corrected chi connectivity index (χ2v) is 5.79. The van der Waals surface area contributed by atoms with Crippen molar-refractivity contribution in [3.8, 4) is 0 Å². The highest BCUT2D eigenvalue weighted by Crippen LogP contribution is 2.22. The Bertz CT molecular complexity index is 417. The van der Waals surface area contributed by atoms with Crippen LogP contribution in [0.3, 0.4) is 0 Å². The molecule has 0 radical (unpaired) electrons. The highest BCUT2D eigenvalue weighted by molar-refractivity contribution is 5.94. The van der Waals surface area contributed by atoms with Crippen molar-refractivity contribution in [2.75, 3.05) is 20.2 Å². The molecule has 3 heteroatoms. The zero-order valence-corrected chi connectivity index (χ0v) is 12.1.